The van der Waals surface area contributed by atoms with Crippen molar-refractivity contribution in [2.45, 2.75) is 0 Å². The predicted molar refractivity (Wildman–Crippen MR) is 83.9 cm³/mol. The van der Waals surface area contributed by atoms with E-state index in [0.717, 1.165) is 19.6 Å². The van der Waals surface area contributed by atoms with Crippen LogP contribution in [0.1, 0.15) is 5.56 Å². The summed E-state index contributed by atoms with van der Waals surface area (Å²) in [6, 6.07) is 0. The van der Waals surface area contributed by atoms with Crippen LogP contribution in [0, 0.1) is 29.1 Å². The molecule has 0 spiro atoms. The van der Waals surface area contributed by atoms with Gasteiger partial charge in [-0.2, -0.15) is 5.10 Å². The number of nitrogens with one attached hydrogen (secondary N) is 3. The molecule has 0 saturated carbocycles. The van der Waals surface area contributed by atoms with Crippen molar-refractivity contribution in [3.63, 3.8) is 0 Å². The van der Waals surface area contributed by atoms with Gasteiger partial charge < -0.3 is 15.0 Å². The van der Waals surface area contributed by atoms with Crippen LogP contribution in [0.2, 0.25) is 0 Å². The van der Waals surface area contributed by atoms with Gasteiger partial charge in [-0.3, -0.25) is 5.43 Å². The zero-order valence-electron chi connectivity index (χ0n) is 13.0. The van der Waals surface area contributed by atoms with Gasteiger partial charge in [-0.1, -0.05) is 0 Å². The molecule has 5 nitrogen and oxygen atoms in total. The van der Waals surface area contributed by atoms with Crippen molar-refractivity contribution in [2.75, 3.05) is 39.4 Å². The number of nitrogens with zero attached hydrogens (tertiary/aromatic N) is 1. The molecule has 1 aliphatic rings. The van der Waals surface area contributed by atoms with Crippen LogP contribution in [0.25, 0.3) is 0 Å². The first-order chi connectivity index (χ1) is 11.9. The quantitative estimate of drug-likeness (QED) is 0.169. The summed E-state index contributed by atoms with van der Waals surface area (Å²) in [5.41, 5.74) is 1.11. The summed E-state index contributed by atoms with van der Waals surface area (Å²) in [5.74, 6) is -10.2. The van der Waals surface area contributed by atoms with Gasteiger partial charge in [-0.15, -0.1) is 0 Å². The predicted octanol–water partition coefficient (Wildman–Crippen LogP) is 0.0952. The Balaban J connectivity index is 1.85. The lowest BCUT2D eigenvalue weighted by Gasteiger charge is -2.23. The Hall–Kier alpha value is -1.85. The number of quaternary nitrogens is 1. The van der Waals surface area contributed by atoms with E-state index in [1.807, 2.05) is 0 Å². The van der Waals surface area contributed by atoms with Crippen LogP contribution in [-0.2, 0) is 4.74 Å². The maximum atomic E-state index is 13.4. The summed E-state index contributed by atoms with van der Waals surface area (Å²) in [6.07, 6.45) is 0.484. The molecule has 2 rings (SSSR count). The molecule has 0 unspecified atom stereocenters. The lowest BCUT2D eigenvalue weighted by Crippen LogP contribution is -3.14. The molecule has 0 amide bonds. The maximum Gasteiger partial charge on any atom is 0.200 e. The fourth-order valence-corrected chi connectivity index (χ4v) is 2.35. The van der Waals surface area contributed by atoms with Crippen LogP contribution < -0.4 is 15.6 Å². The molecule has 0 aromatic heterocycles. The van der Waals surface area contributed by atoms with Crippen LogP contribution in [0.5, 0.6) is 0 Å². The molecule has 0 bridgehead atoms. The fourth-order valence-electron chi connectivity index (χ4n) is 2.19. The number of morpholine rings is 1. The van der Waals surface area contributed by atoms with E-state index in [2.05, 4.69) is 15.8 Å². The second kappa shape index (κ2) is 9.02. The van der Waals surface area contributed by atoms with Crippen molar-refractivity contribution < 1.29 is 31.6 Å². The Morgan fingerprint density at radius 2 is 1.60 bits per heavy atom. The Labute approximate surface area is 145 Å². The van der Waals surface area contributed by atoms with Crippen molar-refractivity contribution >= 4 is 23.5 Å². The van der Waals surface area contributed by atoms with Crippen LogP contribution in [0.3, 0.4) is 0 Å². The summed E-state index contributed by atoms with van der Waals surface area (Å²) >= 11 is 4.91. The van der Waals surface area contributed by atoms with Crippen molar-refractivity contribution in [1.29, 1.82) is 0 Å². The molecule has 3 N–H and O–H groups in total. The molecule has 1 fully saturated rings. The highest BCUT2D eigenvalue weighted by Gasteiger charge is 2.24. The molecule has 0 atom stereocenters. The Bertz CT molecular complexity index is 638. The fraction of sp³-hybridized carbons (Fsp3) is 0.429. The molecular formula is C14H16F5N4OS+. The molecule has 1 aliphatic heterocycles. The van der Waals surface area contributed by atoms with Gasteiger partial charge in [0.2, 0.25) is 5.82 Å². The van der Waals surface area contributed by atoms with Gasteiger partial charge in [0, 0.05) is 0 Å². The maximum absolute atomic E-state index is 13.4. The molecule has 1 aromatic rings. The van der Waals surface area contributed by atoms with Crippen molar-refractivity contribution in [3.8, 4) is 0 Å². The van der Waals surface area contributed by atoms with E-state index < -0.39 is 34.6 Å². The zero-order chi connectivity index (χ0) is 18.4. The molecule has 138 valence electrons. The molecule has 11 heteroatoms. The van der Waals surface area contributed by atoms with E-state index in [1.165, 1.54) is 4.90 Å². The number of benzene rings is 1. The summed E-state index contributed by atoms with van der Waals surface area (Å²) < 4.78 is 71.1. The van der Waals surface area contributed by atoms with Crippen molar-refractivity contribution in [1.82, 2.24) is 10.7 Å². The number of hydrogen-bond donors (Lipinski definition) is 3. The molecule has 0 aliphatic carbocycles. The average Bonchev–Trinajstić information content (AvgIpc) is 2.62. The summed E-state index contributed by atoms with van der Waals surface area (Å²) in [6.45, 7) is 4.49. The summed E-state index contributed by atoms with van der Waals surface area (Å²) in [7, 11) is 0. The summed E-state index contributed by atoms with van der Waals surface area (Å²) in [5, 5.41) is 6.29. The molecule has 1 aromatic carbocycles. The number of halogens is 5. The SMILES string of the molecule is Fc1c(F)c(F)c(/C=N\NC(=S)NCC[NH+]2CCOCC2)c(F)c1F. The van der Waals surface area contributed by atoms with Gasteiger partial charge in [-0.05, 0) is 12.2 Å². The van der Waals surface area contributed by atoms with Crippen molar-refractivity contribution in [2.24, 2.45) is 5.10 Å². The highest BCUT2D eigenvalue weighted by molar-refractivity contribution is 7.80. The minimum Gasteiger partial charge on any atom is -0.370 e. The third-order valence-electron chi connectivity index (χ3n) is 3.57. The lowest BCUT2D eigenvalue weighted by atomic mass is 10.2. The number of hydrogen-bond acceptors (Lipinski definition) is 3. The van der Waals surface area contributed by atoms with Crippen LogP contribution in [0.15, 0.2) is 5.10 Å². The second-order valence-corrected chi connectivity index (χ2v) is 5.63. The van der Waals surface area contributed by atoms with E-state index >= 15 is 0 Å². The largest absolute Gasteiger partial charge is 0.370 e. The number of hydrazone groups is 1. The van der Waals surface area contributed by atoms with Crippen molar-refractivity contribution in [3.05, 3.63) is 34.6 Å². The highest BCUT2D eigenvalue weighted by Crippen LogP contribution is 2.21. The second-order valence-electron chi connectivity index (χ2n) is 5.22. The Morgan fingerprint density at radius 1 is 1.04 bits per heavy atom. The molecule has 1 heterocycles. The third kappa shape index (κ3) is 5.06. The topological polar surface area (TPSA) is 50.1 Å². The average molecular weight is 383 g/mol. The first-order valence-corrected chi connectivity index (χ1v) is 7.82. The zero-order valence-corrected chi connectivity index (χ0v) is 13.8. The van der Waals surface area contributed by atoms with Gasteiger partial charge in [0.05, 0.1) is 38.1 Å². The van der Waals surface area contributed by atoms with Gasteiger partial charge in [0.25, 0.3) is 0 Å². The third-order valence-corrected chi connectivity index (χ3v) is 3.80. The van der Waals surface area contributed by atoms with Gasteiger partial charge in [-0.25, -0.2) is 22.0 Å². The molecular weight excluding hydrogens is 367 g/mol. The van der Waals surface area contributed by atoms with Crippen LogP contribution in [0.4, 0.5) is 22.0 Å². The van der Waals surface area contributed by atoms with Gasteiger partial charge in [0.1, 0.15) is 13.1 Å². The smallest absolute Gasteiger partial charge is 0.200 e. The van der Waals surface area contributed by atoms with Crippen LogP contribution >= 0.6 is 12.2 Å². The minimum atomic E-state index is -2.22. The first kappa shape index (κ1) is 19.5. The normalized spacial score (nSPS) is 15.6. The molecule has 0 radical (unpaired) electrons. The van der Waals surface area contributed by atoms with E-state index in [9.17, 15) is 22.0 Å². The highest BCUT2D eigenvalue weighted by atomic mass is 32.1. The Morgan fingerprint density at radius 3 is 2.20 bits per heavy atom. The first-order valence-electron chi connectivity index (χ1n) is 7.41. The van der Waals surface area contributed by atoms with Crippen LogP contribution in [-0.4, -0.2) is 50.7 Å². The molecule has 25 heavy (non-hydrogen) atoms. The monoisotopic (exact) mass is 383 g/mol. The van der Waals surface area contributed by atoms with Gasteiger partial charge in [0.15, 0.2) is 28.4 Å². The number of thiocarbonyl (C=S) groups is 1. The van der Waals surface area contributed by atoms with E-state index in [-0.39, 0.29) is 5.11 Å². The van der Waals surface area contributed by atoms with Gasteiger partial charge >= 0.3 is 0 Å². The van der Waals surface area contributed by atoms with E-state index in [0.29, 0.717) is 26.0 Å². The van der Waals surface area contributed by atoms with E-state index in [1.54, 1.807) is 0 Å². The number of rotatable bonds is 5. The number of ether oxygens (including phenoxy) is 1. The Kier molecular flexibility index (Phi) is 7.02. The minimum absolute atomic E-state index is 0.0628. The lowest BCUT2D eigenvalue weighted by molar-refractivity contribution is -0.906. The molecule has 1 saturated heterocycles. The van der Waals surface area contributed by atoms with E-state index in [4.69, 9.17) is 17.0 Å². The standard InChI is InChI=1S/C14H15F5N4OS/c15-9-8(10(16)12(18)13(19)11(9)17)7-21-22-14(25)20-1-2-23-3-5-24-6-4-23/h7H,1-6H2,(H2,20,22,25)/p+1/b21-7-. The summed E-state index contributed by atoms with van der Waals surface area (Å²) in [4.78, 5) is 1.34.